The number of rotatable bonds is 5. The molecular weight excluding hydrogens is 366 g/mol. The lowest BCUT2D eigenvalue weighted by Crippen LogP contribution is -2.42. The zero-order chi connectivity index (χ0) is 18.1. The minimum absolute atomic E-state index is 0.154. The molecule has 3 nitrogen and oxygen atoms in total. The smallest absolute Gasteiger partial charge is 0.207 e. The Balaban J connectivity index is 2.56. The van der Waals surface area contributed by atoms with Crippen LogP contribution in [-0.4, -0.2) is 25.4 Å². The molecule has 1 aromatic carbocycles. The van der Waals surface area contributed by atoms with Gasteiger partial charge in [-0.25, -0.2) is 12.8 Å². The number of alkyl halides is 3. The van der Waals surface area contributed by atoms with E-state index in [4.69, 9.17) is 0 Å². The third-order valence-corrected chi connectivity index (χ3v) is 6.78. The number of hydrogen-bond donors (Lipinski definition) is 0. The molecule has 0 saturated carbocycles. The lowest BCUT2D eigenvalue weighted by atomic mass is 10.1. The summed E-state index contributed by atoms with van der Waals surface area (Å²) in [6.07, 6.45) is -4.84. The number of benzene rings is 1. The average molecular weight is 381 g/mol. The molecule has 0 radical (unpaired) electrons. The molecular formula is C15H15F4NO2S2. The van der Waals surface area contributed by atoms with Gasteiger partial charge >= 0.3 is 6.18 Å². The average Bonchev–Trinajstić information content (AvgIpc) is 2.92. The summed E-state index contributed by atoms with van der Waals surface area (Å²) in [6, 6.07) is 4.10. The van der Waals surface area contributed by atoms with Gasteiger partial charge in [0, 0.05) is 11.4 Å². The maximum atomic E-state index is 13.6. The molecule has 0 aliphatic heterocycles. The largest absolute Gasteiger partial charge is 0.409 e. The topological polar surface area (TPSA) is 37.4 Å². The zero-order valence-corrected chi connectivity index (χ0v) is 14.5. The highest BCUT2D eigenvalue weighted by Crippen LogP contribution is 2.41. The molecule has 0 spiro atoms. The van der Waals surface area contributed by atoms with Gasteiger partial charge in [0.25, 0.3) is 10.0 Å². The Hall–Kier alpha value is -1.45. The van der Waals surface area contributed by atoms with Crippen molar-refractivity contribution in [3.05, 3.63) is 52.7 Å². The maximum absolute atomic E-state index is 13.6. The molecule has 0 amide bonds. The van der Waals surface area contributed by atoms with Gasteiger partial charge in [-0.05, 0) is 36.8 Å². The molecule has 0 aliphatic carbocycles. The lowest BCUT2D eigenvalue weighted by molar-refractivity contribution is -0.173. The van der Waals surface area contributed by atoms with Crippen LogP contribution in [0.2, 0.25) is 0 Å². The molecule has 1 unspecified atom stereocenters. The van der Waals surface area contributed by atoms with Crippen LogP contribution < -0.4 is 0 Å². The number of sulfonamides is 1. The summed E-state index contributed by atoms with van der Waals surface area (Å²) in [5.41, 5.74) is -0.331. The Morgan fingerprint density at radius 3 is 2.12 bits per heavy atom. The number of thiophene rings is 1. The molecule has 0 fully saturated rings. The van der Waals surface area contributed by atoms with Crippen molar-refractivity contribution in [1.82, 2.24) is 4.31 Å². The lowest BCUT2D eigenvalue weighted by Gasteiger charge is -2.31. The Morgan fingerprint density at radius 2 is 1.71 bits per heavy atom. The van der Waals surface area contributed by atoms with Gasteiger partial charge in [0.05, 0.1) is 0 Å². The second kappa shape index (κ2) is 6.81. The zero-order valence-electron chi connectivity index (χ0n) is 12.8. The minimum Gasteiger partial charge on any atom is -0.207 e. The molecule has 2 aromatic rings. The van der Waals surface area contributed by atoms with Crippen molar-refractivity contribution in [2.24, 2.45) is 0 Å². The van der Waals surface area contributed by atoms with E-state index >= 15 is 0 Å². The molecule has 1 heterocycles. The van der Waals surface area contributed by atoms with Crippen LogP contribution in [0.3, 0.4) is 0 Å². The van der Waals surface area contributed by atoms with Crippen LogP contribution in [0.1, 0.15) is 23.4 Å². The first-order valence-electron chi connectivity index (χ1n) is 6.98. The highest BCUT2D eigenvalue weighted by Gasteiger charge is 2.48. The summed E-state index contributed by atoms with van der Waals surface area (Å²) in [6.45, 7) is 2.63. The summed E-state index contributed by atoms with van der Waals surface area (Å²) in [5.74, 6) is -0.695. The van der Waals surface area contributed by atoms with Gasteiger partial charge in [-0.1, -0.05) is 19.1 Å². The van der Waals surface area contributed by atoms with Gasteiger partial charge < -0.3 is 0 Å². The van der Waals surface area contributed by atoms with Crippen molar-refractivity contribution in [1.29, 1.82) is 0 Å². The van der Waals surface area contributed by atoms with Gasteiger partial charge in [-0.2, -0.15) is 17.5 Å². The van der Waals surface area contributed by atoms with Gasteiger partial charge in [0.2, 0.25) is 0 Å². The number of aryl methyl sites for hydroxylation is 1. The highest BCUT2D eigenvalue weighted by molar-refractivity contribution is 7.91. The summed E-state index contributed by atoms with van der Waals surface area (Å²) in [7, 11) is -4.33. The molecule has 24 heavy (non-hydrogen) atoms. The molecule has 0 aliphatic rings. The van der Waals surface area contributed by atoms with E-state index in [1.165, 1.54) is 19.1 Å². The van der Waals surface area contributed by atoms with Crippen LogP contribution in [0.25, 0.3) is 0 Å². The third kappa shape index (κ3) is 3.79. The summed E-state index contributed by atoms with van der Waals surface area (Å²) in [4.78, 5) is 0.676. The van der Waals surface area contributed by atoms with Gasteiger partial charge in [0.1, 0.15) is 16.1 Å². The van der Waals surface area contributed by atoms with E-state index < -0.39 is 28.1 Å². The van der Waals surface area contributed by atoms with Crippen LogP contribution in [-0.2, 0) is 10.0 Å². The van der Waals surface area contributed by atoms with Crippen LogP contribution in [0.5, 0.6) is 0 Å². The minimum atomic E-state index is -4.84. The van der Waals surface area contributed by atoms with E-state index in [-0.39, 0.29) is 16.3 Å². The molecule has 2 rings (SSSR count). The predicted molar refractivity (Wildman–Crippen MR) is 83.8 cm³/mol. The van der Waals surface area contributed by atoms with Crippen molar-refractivity contribution in [2.45, 2.75) is 30.3 Å². The van der Waals surface area contributed by atoms with E-state index in [1.54, 1.807) is 6.92 Å². The van der Waals surface area contributed by atoms with Crippen molar-refractivity contribution >= 4 is 21.4 Å². The van der Waals surface area contributed by atoms with E-state index in [1.807, 2.05) is 0 Å². The Labute approximate surface area is 141 Å². The summed E-state index contributed by atoms with van der Waals surface area (Å²) < 4.78 is 79.4. The van der Waals surface area contributed by atoms with E-state index in [0.717, 1.165) is 35.6 Å². The van der Waals surface area contributed by atoms with E-state index in [2.05, 4.69) is 0 Å². The predicted octanol–water partition coefficient (Wildman–Crippen LogP) is 4.51. The Bertz CT molecular complexity index is 798. The van der Waals surface area contributed by atoms with Crippen molar-refractivity contribution < 1.29 is 26.0 Å². The standard InChI is InChI=1S/C15H15F4NO2S2/c1-3-20(24(21,22)13-9-4-10(2)23-13)14(15(17,18)19)11-5-7-12(16)8-6-11/h4-9,14H,3H2,1-2H3. The second-order valence-corrected chi connectivity index (χ2v) is 8.47. The van der Waals surface area contributed by atoms with Crippen molar-refractivity contribution in [3.63, 3.8) is 0 Å². The molecule has 1 aromatic heterocycles. The fourth-order valence-electron chi connectivity index (χ4n) is 2.32. The first-order chi connectivity index (χ1) is 11.1. The molecule has 0 saturated heterocycles. The van der Waals surface area contributed by atoms with Gasteiger partial charge in [-0.15, -0.1) is 11.3 Å². The fraction of sp³-hybridized carbons (Fsp3) is 0.333. The number of nitrogens with zero attached hydrogens (tertiary/aromatic N) is 1. The SMILES string of the molecule is CCN(C(c1ccc(F)cc1)C(F)(F)F)S(=O)(=O)c1ccc(C)s1. The number of halogens is 4. The van der Waals surface area contributed by atoms with Crippen LogP contribution in [0.15, 0.2) is 40.6 Å². The van der Waals surface area contributed by atoms with Crippen LogP contribution in [0, 0.1) is 12.7 Å². The third-order valence-electron chi connectivity index (χ3n) is 3.37. The summed E-state index contributed by atoms with van der Waals surface area (Å²) in [5, 5.41) is 0. The molecule has 0 bridgehead atoms. The van der Waals surface area contributed by atoms with E-state index in [0.29, 0.717) is 9.18 Å². The van der Waals surface area contributed by atoms with Gasteiger partial charge in [0.15, 0.2) is 0 Å². The summed E-state index contributed by atoms with van der Waals surface area (Å²) >= 11 is 0.907. The first-order valence-corrected chi connectivity index (χ1v) is 9.23. The van der Waals surface area contributed by atoms with Crippen LogP contribution in [0.4, 0.5) is 17.6 Å². The Morgan fingerprint density at radius 1 is 1.12 bits per heavy atom. The van der Waals surface area contributed by atoms with Crippen molar-refractivity contribution in [3.8, 4) is 0 Å². The Kier molecular flexibility index (Phi) is 5.36. The number of hydrogen-bond acceptors (Lipinski definition) is 3. The van der Waals surface area contributed by atoms with Crippen LogP contribution >= 0.6 is 11.3 Å². The quantitative estimate of drug-likeness (QED) is 0.715. The van der Waals surface area contributed by atoms with Crippen molar-refractivity contribution in [2.75, 3.05) is 6.54 Å². The molecule has 132 valence electrons. The van der Waals surface area contributed by atoms with E-state index in [9.17, 15) is 26.0 Å². The molecule has 1 atom stereocenters. The second-order valence-electron chi connectivity index (χ2n) is 5.07. The van der Waals surface area contributed by atoms with Gasteiger partial charge in [-0.3, -0.25) is 0 Å². The first kappa shape index (κ1) is 18.9. The molecule has 9 heteroatoms. The fourth-order valence-corrected chi connectivity index (χ4v) is 5.34. The molecule has 0 N–H and O–H groups in total. The maximum Gasteiger partial charge on any atom is 0.409 e. The normalized spacial score (nSPS) is 14.1. The highest BCUT2D eigenvalue weighted by atomic mass is 32.2. The monoisotopic (exact) mass is 381 g/mol.